The lowest BCUT2D eigenvalue weighted by Gasteiger charge is -2.09. The summed E-state index contributed by atoms with van der Waals surface area (Å²) >= 11 is 0. The molecule has 10 nitrogen and oxygen atoms in total. The predicted molar refractivity (Wildman–Crippen MR) is 147 cm³/mol. The number of ether oxygens (including phenoxy) is 3. The molecule has 0 atom stereocenters. The molecule has 5 N–H and O–H groups in total. The fraction of sp³-hybridized carbons (Fsp3) is 0.357. The summed E-state index contributed by atoms with van der Waals surface area (Å²) in [5.41, 5.74) is 1.42. The van der Waals surface area contributed by atoms with Crippen molar-refractivity contribution in [3.05, 3.63) is 53.6 Å². The van der Waals surface area contributed by atoms with Gasteiger partial charge in [0.15, 0.2) is 23.0 Å². The average molecular weight is 528 g/mol. The van der Waals surface area contributed by atoms with E-state index in [-0.39, 0.29) is 34.8 Å². The SMILES string of the molecule is COc1cc(C=CC(=O)NCCCCNCCCNC(=O)C=Cc2cc(OC)c(O)c(OC)c2)ccc1O. The number of phenolic OH excluding ortho intramolecular Hbond substituents is 2. The van der Waals surface area contributed by atoms with E-state index in [1.165, 1.54) is 39.5 Å². The second-order valence-electron chi connectivity index (χ2n) is 8.26. The Morgan fingerprint density at radius 3 is 1.82 bits per heavy atom. The van der Waals surface area contributed by atoms with Crippen molar-refractivity contribution in [1.82, 2.24) is 16.0 Å². The van der Waals surface area contributed by atoms with Crippen LogP contribution >= 0.6 is 0 Å². The second-order valence-corrected chi connectivity index (χ2v) is 8.26. The van der Waals surface area contributed by atoms with Crippen molar-refractivity contribution >= 4 is 24.0 Å². The lowest BCUT2D eigenvalue weighted by Crippen LogP contribution is -2.27. The Kier molecular flexibility index (Phi) is 13.1. The Hall–Kier alpha value is -4.18. The molecule has 0 aromatic heterocycles. The van der Waals surface area contributed by atoms with E-state index >= 15 is 0 Å². The second kappa shape index (κ2) is 16.5. The molecule has 10 heteroatoms. The van der Waals surface area contributed by atoms with E-state index < -0.39 is 0 Å². The zero-order valence-electron chi connectivity index (χ0n) is 22.1. The van der Waals surface area contributed by atoms with Gasteiger partial charge in [0.05, 0.1) is 21.3 Å². The van der Waals surface area contributed by atoms with Crippen molar-refractivity contribution in [3.8, 4) is 28.7 Å². The third-order valence-electron chi connectivity index (χ3n) is 5.47. The van der Waals surface area contributed by atoms with Crippen LogP contribution in [0.4, 0.5) is 0 Å². The molecule has 2 amide bonds. The summed E-state index contributed by atoms with van der Waals surface area (Å²) in [4.78, 5) is 24.0. The summed E-state index contributed by atoms with van der Waals surface area (Å²) in [5, 5.41) is 28.5. The lowest BCUT2D eigenvalue weighted by molar-refractivity contribution is -0.117. The van der Waals surface area contributed by atoms with Crippen molar-refractivity contribution in [2.75, 3.05) is 47.5 Å². The van der Waals surface area contributed by atoms with Crippen LogP contribution in [0, 0.1) is 0 Å². The molecule has 2 rings (SSSR count). The van der Waals surface area contributed by atoms with Gasteiger partial charge in [-0.2, -0.15) is 0 Å². The molecule has 0 bridgehead atoms. The van der Waals surface area contributed by atoms with Gasteiger partial charge in [0.1, 0.15) is 0 Å². The number of amides is 2. The van der Waals surface area contributed by atoms with Crippen molar-refractivity contribution in [3.63, 3.8) is 0 Å². The maximum atomic E-state index is 12.0. The van der Waals surface area contributed by atoms with Crippen molar-refractivity contribution in [1.29, 1.82) is 0 Å². The van der Waals surface area contributed by atoms with E-state index in [1.54, 1.807) is 36.4 Å². The van der Waals surface area contributed by atoms with E-state index in [4.69, 9.17) is 14.2 Å². The molecule has 0 aliphatic carbocycles. The van der Waals surface area contributed by atoms with Crippen molar-refractivity contribution in [2.45, 2.75) is 19.3 Å². The number of nitrogens with one attached hydrogen (secondary N) is 3. The summed E-state index contributed by atoms with van der Waals surface area (Å²) < 4.78 is 15.3. The summed E-state index contributed by atoms with van der Waals surface area (Å²) in [6, 6.07) is 8.10. The minimum Gasteiger partial charge on any atom is -0.504 e. The number of phenols is 2. The molecule has 0 aliphatic rings. The Balaban J connectivity index is 1.53. The number of methoxy groups -OCH3 is 3. The molecular formula is C28H37N3O7. The summed E-state index contributed by atoms with van der Waals surface area (Å²) in [7, 11) is 4.36. The minimum absolute atomic E-state index is 0.0509. The number of unbranched alkanes of at least 4 members (excludes halogenated alkanes) is 1. The molecule has 0 aliphatic heterocycles. The van der Waals surface area contributed by atoms with Gasteiger partial charge in [0.2, 0.25) is 17.6 Å². The molecule has 0 fully saturated rings. The van der Waals surface area contributed by atoms with Crippen LogP contribution in [-0.4, -0.2) is 69.5 Å². The molecule has 0 unspecified atom stereocenters. The van der Waals surface area contributed by atoms with E-state index in [0.717, 1.165) is 37.9 Å². The first-order valence-corrected chi connectivity index (χ1v) is 12.3. The Labute approximate surface area is 223 Å². The van der Waals surface area contributed by atoms with Crippen LogP contribution in [0.5, 0.6) is 28.7 Å². The molecular weight excluding hydrogens is 490 g/mol. The van der Waals surface area contributed by atoms with Gasteiger partial charge >= 0.3 is 0 Å². The molecule has 0 heterocycles. The molecule has 2 aromatic rings. The third kappa shape index (κ3) is 10.4. The molecule has 0 spiro atoms. The molecule has 0 saturated carbocycles. The smallest absolute Gasteiger partial charge is 0.243 e. The van der Waals surface area contributed by atoms with Gasteiger partial charge in [-0.1, -0.05) is 6.07 Å². The van der Waals surface area contributed by atoms with Gasteiger partial charge in [-0.05, 0) is 79.9 Å². The molecule has 2 aromatic carbocycles. The predicted octanol–water partition coefficient (Wildman–Crippen LogP) is 2.84. The van der Waals surface area contributed by atoms with Crippen LogP contribution < -0.4 is 30.2 Å². The highest BCUT2D eigenvalue weighted by molar-refractivity contribution is 5.92. The summed E-state index contributed by atoms with van der Waals surface area (Å²) in [6.45, 7) is 2.69. The number of rotatable bonds is 16. The maximum absolute atomic E-state index is 12.0. The number of benzene rings is 2. The maximum Gasteiger partial charge on any atom is 0.243 e. The Morgan fingerprint density at radius 2 is 1.21 bits per heavy atom. The quantitative estimate of drug-likeness (QED) is 0.166. The monoisotopic (exact) mass is 527 g/mol. The van der Waals surface area contributed by atoms with Gasteiger partial charge in [-0.3, -0.25) is 9.59 Å². The van der Waals surface area contributed by atoms with Crippen LogP contribution in [0.25, 0.3) is 12.2 Å². The Bertz CT molecular complexity index is 1090. The number of carbonyl (C=O) groups excluding carboxylic acids is 2. The third-order valence-corrected chi connectivity index (χ3v) is 5.47. The number of hydrogen-bond acceptors (Lipinski definition) is 8. The number of carbonyl (C=O) groups is 2. The largest absolute Gasteiger partial charge is 0.504 e. The van der Waals surface area contributed by atoms with Crippen molar-refractivity contribution < 1.29 is 34.0 Å². The first-order valence-electron chi connectivity index (χ1n) is 12.3. The first kappa shape index (κ1) is 30.0. The van der Waals surface area contributed by atoms with E-state index in [9.17, 15) is 19.8 Å². The van der Waals surface area contributed by atoms with E-state index in [0.29, 0.717) is 24.4 Å². The average Bonchev–Trinajstić information content (AvgIpc) is 2.92. The summed E-state index contributed by atoms with van der Waals surface area (Å²) in [6.07, 6.45) is 8.69. The van der Waals surface area contributed by atoms with Crippen LogP contribution in [0.3, 0.4) is 0 Å². The van der Waals surface area contributed by atoms with Gasteiger partial charge in [-0.25, -0.2) is 0 Å². The van der Waals surface area contributed by atoms with E-state index in [2.05, 4.69) is 16.0 Å². The van der Waals surface area contributed by atoms with Crippen LogP contribution in [0.2, 0.25) is 0 Å². The lowest BCUT2D eigenvalue weighted by atomic mass is 10.1. The summed E-state index contributed by atoms with van der Waals surface area (Å²) in [5.74, 6) is 0.449. The van der Waals surface area contributed by atoms with Gasteiger partial charge < -0.3 is 40.4 Å². The molecule has 206 valence electrons. The van der Waals surface area contributed by atoms with Crippen LogP contribution in [0.1, 0.15) is 30.4 Å². The molecule has 0 radical (unpaired) electrons. The number of aromatic hydroxyl groups is 2. The van der Waals surface area contributed by atoms with Gasteiger partial charge in [0, 0.05) is 25.2 Å². The van der Waals surface area contributed by atoms with Gasteiger partial charge in [0.25, 0.3) is 0 Å². The normalized spacial score (nSPS) is 11.0. The zero-order valence-corrected chi connectivity index (χ0v) is 22.1. The van der Waals surface area contributed by atoms with Crippen LogP contribution in [0.15, 0.2) is 42.5 Å². The fourth-order valence-corrected chi connectivity index (χ4v) is 3.41. The topological polar surface area (TPSA) is 138 Å². The molecule has 0 saturated heterocycles. The Morgan fingerprint density at radius 1 is 0.711 bits per heavy atom. The highest BCUT2D eigenvalue weighted by atomic mass is 16.5. The standard InChI is InChI=1S/C28H37N3O7/c1-36-23-17-20(7-10-22(23)32)8-11-26(33)30-15-5-4-13-29-14-6-16-31-27(34)12-9-21-18-24(37-2)28(35)25(19-21)38-3/h7-12,17-19,29,32,35H,4-6,13-16H2,1-3H3,(H,30,33)(H,31,34). The minimum atomic E-state index is -0.217. The first-order chi connectivity index (χ1) is 18.4. The van der Waals surface area contributed by atoms with Gasteiger partial charge in [-0.15, -0.1) is 0 Å². The highest BCUT2D eigenvalue weighted by Crippen LogP contribution is 2.37. The zero-order chi connectivity index (χ0) is 27.8. The van der Waals surface area contributed by atoms with Crippen molar-refractivity contribution in [2.24, 2.45) is 0 Å². The molecule has 38 heavy (non-hydrogen) atoms. The highest BCUT2D eigenvalue weighted by Gasteiger charge is 2.10. The van der Waals surface area contributed by atoms with Crippen LogP contribution in [-0.2, 0) is 9.59 Å². The fourth-order valence-electron chi connectivity index (χ4n) is 3.41. The number of hydrogen-bond donors (Lipinski definition) is 5. The van der Waals surface area contributed by atoms with E-state index in [1.807, 2.05) is 0 Å².